The number of rotatable bonds is 5. The normalized spacial score (nSPS) is 12.1. The third kappa shape index (κ3) is 4.07. The van der Waals surface area contributed by atoms with Crippen molar-refractivity contribution in [3.05, 3.63) is 61.5 Å². The first kappa shape index (κ1) is 19.3. The maximum Gasteiger partial charge on any atom is 0.280 e. The molecule has 0 bridgehead atoms. The van der Waals surface area contributed by atoms with Crippen molar-refractivity contribution in [3.8, 4) is 0 Å². The molecule has 1 heterocycles. The van der Waals surface area contributed by atoms with Crippen LogP contribution in [0.3, 0.4) is 0 Å². The quantitative estimate of drug-likeness (QED) is 0.393. The van der Waals surface area contributed by atoms with Crippen molar-refractivity contribution in [1.82, 2.24) is 4.57 Å². The standard InChI is InChI=1S/C20H21IN2O2S/c1-4-25-10-9-23-17-12-13(2)11-14(3)18(17)26-20(23)22-19(24)15-7-5-6-8-16(15)21/h5-8,11-12H,4,9-10H2,1-3H3. The molecule has 136 valence electrons. The maximum absolute atomic E-state index is 12.7. The van der Waals surface area contributed by atoms with Gasteiger partial charge in [-0.1, -0.05) is 29.5 Å². The summed E-state index contributed by atoms with van der Waals surface area (Å²) in [5, 5.41) is 0. The molecule has 26 heavy (non-hydrogen) atoms. The first-order valence-corrected chi connectivity index (χ1v) is 10.4. The van der Waals surface area contributed by atoms with E-state index < -0.39 is 0 Å². The Morgan fingerprint density at radius 3 is 2.77 bits per heavy atom. The zero-order chi connectivity index (χ0) is 18.7. The predicted molar refractivity (Wildman–Crippen MR) is 115 cm³/mol. The minimum Gasteiger partial charge on any atom is -0.380 e. The van der Waals surface area contributed by atoms with Crippen LogP contribution < -0.4 is 4.80 Å². The van der Waals surface area contributed by atoms with Gasteiger partial charge in [-0.15, -0.1) is 0 Å². The Morgan fingerprint density at radius 1 is 1.27 bits per heavy atom. The van der Waals surface area contributed by atoms with Gasteiger partial charge in [-0.05, 0) is 72.7 Å². The topological polar surface area (TPSA) is 43.6 Å². The van der Waals surface area contributed by atoms with E-state index in [2.05, 4.69) is 58.1 Å². The summed E-state index contributed by atoms with van der Waals surface area (Å²) < 4.78 is 9.71. The van der Waals surface area contributed by atoms with Crippen LogP contribution in [-0.2, 0) is 11.3 Å². The average Bonchev–Trinajstić information content (AvgIpc) is 2.93. The fourth-order valence-corrected chi connectivity index (χ4v) is 4.62. The molecule has 0 atom stereocenters. The number of halogens is 1. The van der Waals surface area contributed by atoms with E-state index >= 15 is 0 Å². The number of carbonyl (C=O) groups excluding carboxylic acids is 1. The minimum atomic E-state index is -0.207. The molecule has 0 aliphatic heterocycles. The minimum absolute atomic E-state index is 0.207. The second-order valence-corrected chi connectivity index (χ2v) is 8.20. The molecule has 0 saturated heterocycles. The van der Waals surface area contributed by atoms with Gasteiger partial charge in [-0.2, -0.15) is 4.99 Å². The summed E-state index contributed by atoms with van der Waals surface area (Å²) in [5.41, 5.74) is 4.16. The molecule has 0 aliphatic rings. The first-order chi connectivity index (χ1) is 12.5. The number of thiazole rings is 1. The summed E-state index contributed by atoms with van der Waals surface area (Å²) in [6.45, 7) is 8.12. The lowest BCUT2D eigenvalue weighted by molar-refractivity contribution is 0.0996. The summed E-state index contributed by atoms with van der Waals surface area (Å²) in [7, 11) is 0. The Kier molecular flexibility index (Phi) is 6.26. The van der Waals surface area contributed by atoms with Gasteiger partial charge >= 0.3 is 0 Å². The highest BCUT2D eigenvalue weighted by atomic mass is 127. The summed E-state index contributed by atoms with van der Waals surface area (Å²) in [5.74, 6) is -0.207. The van der Waals surface area contributed by atoms with Crippen LogP contribution in [0.5, 0.6) is 0 Å². The molecule has 0 spiro atoms. The van der Waals surface area contributed by atoms with Crippen molar-refractivity contribution in [2.45, 2.75) is 27.3 Å². The molecule has 0 N–H and O–H groups in total. The molecule has 0 aliphatic carbocycles. The zero-order valence-electron chi connectivity index (χ0n) is 15.1. The molecule has 1 aromatic heterocycles. The van der Waals surface area contributed by atoms with Gasteiger partial charge in [0.05, 0.1) is 22.4 Å². The molecular formula is C20H21IN2O2S. The van der Waals surface area contributed by atoms with Gasteiger partial charge in [-0.25, -0.2) is 0 Å². The molecule has 2 aromatic carbocycles. The van der Waals surface area contributed by atoms with E-state index in [0.29, 0.717) is 25.3 Å². The van der Waals surface area contributed by atoms with Crippen molar-refractivity contribution in [2.24, 2.45) is 4.99 Å². The van der Waals surface area contributed by atoms with Crippen LogP contribution in [0.4, 0.5) is 0 Å². The number of carbonyl (C=O) groups is 1. The summed E-state index contributed by atoms with van der Waals surface area (Å²) in [6, 6.07) is 11.8. The number of amides is 1. The van der Waals surface area contributed by atoms with Gasteiger partial charge < -0.3 is 9.30 Å². The van der Waals surface area contributed by atoms with Gasteiger partial charge in [0.2, 0.25) is 0 Å². The van der Waals surface area contributed by atoms with Gasteiger partial charge in [0, 0.05) is 16.7 Å². The van der Waals surface area contributed by atoms with Gasteiger partial charge in [0.25, 0.3) is 5.91 Å². The van der Waals surface area contributed by atoms with Crippen molar-refractivity contribution in [3.63, 3.8) is 0 Å². The Morgan fingerprint density at radius 2 is 2.04 bits per heavy atom. The number of aromatic nitrogens is 1. The van der Waals surface area contributed by atoms with Crippen molar-refractivity contribution >= 4 is 50.1 Å². The average molecular weight is 480 g/mol. The molecule has 0 radical (unpaired) electrons. The number of hydrogen-bond donors (Lipinski definition) is 0. The van der Waals surface area contributed by atoms with Gasteiger partial charge in [0.15, 0.2) is 4.80 Å². The number of benzene rings is 2. The maximum atomic E-state index is 12.7. The number of aryl methyl sites for hydroxylation is 2. The highest BCUT2D eigenvalue weighted by molar-refractivity contribution is 14.1. The third-order valence-corrected chi connectivity index (χ3v) is 6.25. The van der Waals surface area contributed by atoms with Crippen LogP contribution in [0.15, 0.2) is 41.4 Å². The first-order valence-electron chi connectivity index (χ1n) is 8.53. The second-order valence-electron chi connectivity index (χ2n) is 6.06. The molecule has 1 amide bonds. The van der Waals surface area contributed by atoms with E-state index in [1.165, 1.54) is 15.8 Å². The Bertz CT molecular complexity index is 1020. The molecule has 0 unspecified atom stereocenters. The van der Waals surface area contributed by atoms with E-state index in [0.717, 1.165) is 13.9 Å². The Hall–Kier alpha value is -1.51. The van der Waals surface area contributed by atoms with Crippen LogP contribution in [0.1, 0.15) is 28.4 Å². The van der Waals surface area contributed by atoms with Crippen LogP contribution in [0, 0.1) is 17.4 Å². The van der Waals surface area contributed by atoms with Crippen LogP contribution in [0.25, 0.3) is 10.2 Å². The number of ether oxygens (including phenoxy) is 1. The van der Waals surface area contributed by atoms with E-state index in [1.807, 2.05) is 31.2 Å². The van der Waals surface area contributed by atoms with E-state index in [4.69, 9.17) is 4.74 Å². The largest absolute Gasteiger partial charge is 0.380 e. The molecular weight excluding hydrogens is 459 g/mol. The predicted octanol–water partition coefficient (Wildman–Crippen LogP) is 4.70. The molecule has 3 rings (SSSR count). The Labute approximate surface area is 170 Å². The summed E-state index contributed by atoms with van der Waals surface area (Å²) in [6.07, 6.45) is 0. The van der Waals surface area contributed by atoms with Crippen molar-refractivity contribution < 1.29 is 9.53 Å². The fraction of sp³-hybridized carbons (Fsp3) is 0.300. The SMILES string of the molecule is CCOCCn1c(=NC(=O)c2ccccc2I)sc2c(C)cc(C)cc21. The third-order valence-electron chi connectivity index (χ3n) is 4.08. The molecule has 0 fully saturated rings. The van der Waals surface area contributed by atoms with Crippen molar-refractivity contribution in [2.75, 3.05) is 13.2 Å². The molecule has 3 aromatic rings. The smallest absolute Gasteiger partial charge is 0.280 e. The number of fused-ring (bicyclic) bond motifs is 1. The lowest BCUT2D eigenvalue weighted by atomic mass is 10.1. The highest BCUT2D eigenvalue weighted by Crippen LogP contribution is 2.23. The molecule has 4 nitrogen and oxygen atoms in total. The summed E-state index contributed by atoms with van der Waals surface area (Å²) >= 11 is 3.74. The lowest BCUT2D eigenvalue weighted by Crippen LogP contribution is -2.20. The van der Waals surface area contributed by atoms with Crippen LogP contribution >= 0.6 is 33.9 Å². The van der Waals surface area contributed by atoms with E-state index in [9.17, 15) is 4.79 Å². The van der Waals surface area contributed by atoms with Crippen molar-refractivity contribution in [1.29, 1.82) is 0 Å². The van der Waals surface area contributed by atoms with Gasteiger partial charge in [0.1, 0.15) is 0 Å². The Balaban J connectivity index is 2.14. The molecule has 6 heteroatoms. The van der Waals surface area contributed by atoms with Gasteiger partial charge in [-0.3, -0.25) is 4.79 Å². The zero-order valence-corrected chi connectivity index (χ0v) is 18.1. The van der Waals surface area contributed by atoms with Crippen LogP contribution in [-0.4, -0.2) is 23.7 Å². The summed E-state index contributed by atoms with van der Waals surface area (Å²) in [4.78, 5) is 17.9. The van der Waals surface area contributed by atoms with E-state index in [1.54, 1.807) is 11.3 Å². The number of hydrogen-bond acceptors (Lipinski definition) is 3. The number of nitrogens with zero attached hydrogens (tertiary/aromatic N) is 2. The lowest BCUT2D eigenvalue weighted by Gasteiger charge is -2.07. The molecule has 0 saturated carbocycles. The highest BCUT2D eigenvalue weighted by Gasteiger charge is 2.13. The monoisotopic (exact) mass is 480 g/mol. The fourth-order valence-electron chi connectivity index (χ4n) is 2.90. The van der Waals surface area contributed by atoms with Crippen LogP contribution in [0.2, 0.25) is 0 Å². The van der Waals surface area contributed by atoms with E-state index in [-0.39, 0.29) is 5.91 Å². The second kappa shape index (κ2) is 8.45.